The number of H-pyrrole nitrogens is 1. The van der Waals surface area contributed by atoms with Crippen LogP contribution in [0.1, 0.15) is 44.4 Å². The van der Waals surface area contributed by atoms with Crippen LogP contribution in [0.5, 0.6) is 0 Å². The third kappa shape index (κ3) is 3.82. The average molecular weight is 278 g/mol. The monoisotopic (exact) mass is 278 g/mol. The molecule has 0 saturated carbocycles. The number of aryl methyl sites for hydroxylation is 1. The normalized spacial score (nSPS) is 13.8. The molecular weight excluding hydrogens is 252 g/mol. The van der Waals surface area contributed by atoms with Crippen molar-refractivity contribution < 1.29 is 0 Å². The second kappa shape index (κ2) is 7.43. The van der Waals surface area contributed by atoms with Crippen molar-refractivity contribution in [3.05, 3.63) is 21.6 Å². The fraction of sp³-hybridized carbons (Fsp3) is 0.733. The summed E-state index contributed by atoms with van der Waals surface area (Å²) in [6, 6.07) is 0. The van der Waals surface area contributed by atoms with Gasteiger partial charge in [0.15, 0.2) is 0 Å². The molecule has 1 heterocycles. The SMILES string of the molecule is CCN(CC)CCCCNc1nc2c(c(=O)[nH]1)CCC2. The molecule has 0 unspecified atom stereocenters. The summed E-state index contributed by atoms with van der Waals surface area (Å²) in [4.78, 5) is 21.6. The number of unbranched alkanes of at least 4 members (excludes halogenated alkanes) is 1. The summed E-state index contributed by atoms with van der Waals surface area (Å²) < 4.78 is 0. The molecule has 0 bridgehead atoms. The maximum absolute atomic E-state index is 11.8. The number of rotatable bonds is 8. The van der Waals surface area contributed by atoms with Crippen molar-refractivity contribution in [2.45, 2.75) is 46.0 Å². The van der Waals surface area contributed by atoms with Gasteiger partial charge in [-0.05, 0) is 51.7 Å². The molecule has 0 aromatic carbocycles. The summed E-state index contributed by atoms with van der Waals surface area (Å²) in [5, 5.41) is 3.24. The summed E-state index contributed by atoms with van der Waals surface area (Å²) in [6.45, 7) is 8.63. The van der Waals surface area contributed by atoms with Crippen LogP contribution in [0.2, 0.25) is 0 Å². The molecule has 0 aliphatic heterocycles. The van der Waals surface area contributed by atoms with E-state index in [9.17, 15) is 4.79 Å². The third-order valence-electron chi connectivity index (χ3n) is 4.03. The largest absolute Gasteiger partial charge is 0.356 e. The Morgan fingerprint density at radius 2 is 2.05 bits per heavy atom. The van der Waals surface area contributed by atoms with Crippen LogP contribution < -0.4 is 10.9 Å². The molecule has 2 rings (SSSR count). The van der Waals surface area contributed by atoms with Crippen LogP contribution in [0.25, 0.3) is 0 Å². The van der Waals surface area contributed by atoms with Gasteiger partial charge in [-0.1, -0.05) is 13.8 Å². The van der Waals surface area contributed by atoms with Crippen LogP contribution in [0.3, 0.4) is 0 Å². The predicted octanol–water partition coefficient (Wildman–Crippen LogP) is 1.79. The standard InChI is InChI=1S/C15H26N4O/c1-3-19(4-2)11-6-5-10-16-15-17-13-9-7-8-12(13)14(20)18-15/h3-11H2,1-2H3,(H2,16,17,18,20). The Kier molecular flexibility index (Phi) is 5.59. The third-order valence-corrected chi connectivity index (χ3v) is 4.03. The molecule has 2 N–H and O–H groups in total. The van der Waals surface area contributed by atoms with Crippen molar-refractivity contribution in [3.8, 4) is 0 Å². The smallest absolute Gasteiger partial charge is 0.255 e. The number of anilines is 1. The molecular formula is C15H26N4O. The van der Waals surface area contributed by atoms with E-state index in [1.807, 2.05) is 0 Å². The quantitative estimate of drug-likeness (QED) is 0.712. The van der Waals surface area contributed by atoms with E-state index >= 15 is 0 Å². The number of nitrogens with one attached hydrogen (secondary N) is 2. The first kappa shape index (κ1) is 15.0. The molecule has 1 aliphatic rings. The van der Waals surface area contributed by atoms with Crippen LogP contribution in [-0.4, -0.2) is 41.0 Å². The molecule has 5 nitrogen and oxygen atoms in total. The minimum Gasteiger partial charge on any atom is -0.356 e. The molecule has 1 aromatic rings. The van der Waals surface area contributed by atoms with Crippen molar-refractivity contribution in [1.29, 1.82) is 0 Å². The van der Waals surface area contributed by atoms with Crippen molar-refractivity contribution in [2.75, 3.05) is 31.5 Å². The lowest BCUT2D eigenvalue weighted by Gasteiger charge is -2.17. The van der Waals surface area contributed by atoms with Gasteiger partial charge in [-0.25, -0.2) is 4.98 Å². The first-order valence-corrected chi connectivity index (χ1v) is 7.82. The number of hydrogen-bond donors (Lipinski definition) is 2. The molecule has 0 atom stereocenters. The fourth-order valence-electron chi connectivity index (χ4n) is 2.73. The van der Waals surface area contributed by atoms with Gasteiger partial charge in [0.1, 0.15) is 0 Å². The van der Waals surface area contributed by atoms with Crippen LogP contribution in [-0.2, 0) is 12.8 Å². The van der Waals surface area contributed by atoms with Gasteiger partial charge in [0, 0.05) is 12.1 Å². The second-order valence-corrected chi connectivity index (χ2v) is 5.35. The van der Waals surface area contributed by atoms with Gasteiger partial charge in [-0.15, -0.1) is 0 Å². The second-order valence-electron chi connectivity index (χ2n) is 5.35. The van der Waals surface area contributed by atoms with E-state index in [1.54, 1.807) is 0 Å². The van der Waals surface area contributed by atoms with Crippen molar-refractivity contribution in [2.24, 2.45) is 0 Å². The lowest BCUT2D eigenvalue weighted by Crippen LogP contribution is -2.24. The van der Waals surface area contributed by atoms with E-state index < -0.39 is 0 Å². The number of aromatic nitrogens is 2. The molecule has 0 amide bonds. The Morgan fingerprint density at radius 3 is 2.80 bits per heavy atom. The number of fused-ring (bicyclic) bond motifs is 1. The van der Waals surface area contributed by atoms with Gasteiger partial charge < -0.3 is 10.2 Å². The maximum Gasteiger partial charge on any atom is 0.255 e. The van der Waals surface area contributed by atoms with Gasteiger partial charge in [0.25, 0.3) is 5.56 Å². The van der Waals surface area contributed by atoms with Crippen molar-refractivity contribution in [1.82, 2.24) is 14.9 Å². The molecule has 5 heteroatoms. The summed E-state index contributed by atoms with van der Waals surface area (Å²) in [5.41, 5.74) is 1.91. The zero-order valence-corrected chi connectivity index (χ0v) is 12.7. The Morgan fingerprint density at radius 1 is 1.25 bits per heavy atom. The summed E-state index contributed by atoms with van der Waals surface area (Å²) in [7, 11) is 0. The van der Waals surface area contributed by atoms with Gasteiger partial charge in [-0.3, -0.25) is 9.78 Å². The molecule has 0 radical (unpaired) electrons. The highest BCUT2D eigenvalue weighted by molar-refractivity contribution is 5.31. The van der Waals surface area contributed by atoms with E-state index in [1.165, 1.54) is 6.42 Å². The number of hydrogen-bond acceptors (Lipinski definition) is 4. The zero-order valence-electron chi connectivity index (χ0n) is 12.7. The van der Waals surface area contributed by atoms with E-state index in [0.29, 0.717) is 5.95 Å². The highest BCUT2D eigenvalue weighted by atomic mass is 16.1. The highest BCUT2D eigenvalue weighted by Gasteiger charge is 2.16. The van der Waals surface area contributed by atoms with E-state index in [0.717, 1.165) is 63.1 Å². The van der Waals surface area contributed by atoms with Crippen LogP contribution in [0.15, 0.2) is 4.79 Å². The summed E-state index contributed by atoms with van der Waals surface area (Å²) in [6.07, 6.45) is 5.14. The minimum atomic E-state index is 0.0399. The first-order chi connectivity index (χ1) is 9.74. The summed E-state index contributed by atoms with van der Waals surface area (Å²) in [5.74, 6) is 0.637. The predicted molar refractivity (Wildman–Crippen MR) is 82.4 cm³/mol. The topological polar surface area (TPSA) is 61.0 Å². The van der Waals surface area contributed by atoms with Gasteiger partial charge in [0.2, 0.25) is 5.95 Å². The maximum atomic E-state index is 11.8. The molecule has 0 fully saturated rings. The van der Waals surface area contributed by atoms with Gasteiger partial charge in [-0.2, -0.15) is 0 Å². The van der Waals surface area contributed by atoms with Gasteiger partial charge in [0.05, 0.1) is 5.69 Å². The molecule has 0 saturated heterocycles. The Hall–Kier alpha value is -1.36. The fourth-order valence-corrected chi connectivity index (χ4v) is 2.73. The molecule has 1 aromatic heterocycles. The van der Waals surface area contributed by atoms with Crippen LogP contribution in [0, 0.1) is 0 Å². The molecule has 112 valence electrons. The molecule has 1 aliphatic carbocycles. The molecule has 0 spiro atoms. The zero-order chi connectivity index (χ0) is 14.4. The van der Waals surface area contributed by atoms with E-state index in [-0.39, 0.29) is 5.56 Å². The summed E-state index contributed by atoms with van der Waals surface area (Å²) >= 11 is 0. The van der Waals surface area contributed by atoms with Crippen molar-refractivity contribution in [3.63, 3.8) is 0 Å². The Labute approximate surface area is 120 Å². The van der Waals surface area contributed by atoms with Gasteiger partial charge >= 0.3 is 0 Å². The van der Waals surface area contributed by atoms with Crippen molar-refractivity contribution >= 4 is 5.95 Å². The number of aromatic amines is 1. The van der Waals surface area contributed by atoms with E-state index in [4.69, 9.17) is 0 Å². The number of nitrogens with zero attached hydrogens (tertiary/aromatic N) is 2. The Bertz CT molecular complexity index is 479. The van der Waals surface area contributed by atoms with E-state index in [2.05, 4.69) is 34.0 Å². The Balaban J connectivity index is 1.75. The lowest BCUT2D eigenvalue weighted by molar-refractivity contribution is 0.298. The van der Waals surface area contributed by atoms with Crippen LogP contribution >= 0.6 is 0 Å². The minimum absolute atomic E-state index is 0.0399. The first-order valence-electron chi connectivity index (χ1n) is 7.82. The lowest BCUT2D eigenvalue weighted by atomic mass is 10.2. The highest BCUT2D eigenvalue weighted by Crippen LogP contribution is 2.16. The van der Waals surface area contributed by atoms with Crippen LogP contribution in [0.4, 0.5) is 5.95 Å². The molecule has 20 heavy (non-hydrogen) atoms. The average Bonchev–Trinajstić information content (AvgIpc) is 2.92.